The Hall–Kier alpha value is -2.87. The maximum atomic E-state index is 12.2. The normalized spacial score (nSPS) is 16.9. The number of nitrogens with one attached hydrogen (secondary N) is 3. The smallest absolute Gasteiger partial charge is 0.190 e. The molecule has 1 rings (SSSR count). The summed E-state index contributed by atoms with van der Waals surface area (Å²) >= 11 is 0. The molecule has 34 heavy (non-hydrogen) atoms. The summed E-state index contributed by atoms with van der Waals surface area (Å²) in [7, 11) is 3.51. The summed E-state index contributed by atoms with van der Waals surface area (Å²) in [6.45, 7) is 6.83. The molecule has 0 aromatic heterocycles. The Labute approximate surface area is 205 Å². The highest BCUT2D eigenvalue weighted by molar-refractivity contribution is 6.03. The van der Waals surface area contributed by atoms with Crippen LogP contribution in [0, 0.1) is 11.3 Å². The molecule has 0 saturated heterocycles. The van der Waals surface area contributed by atoms with E-state index in [-0.39, 0.29) is 12.3 Å². The molecule has 8 nitrogen and oxygen atoms in total. The summed E-state index contributed by atoms with van der Waals surface area (Å²) in [4.78, 5) is 18.3. The highest BCUT2D eigenvalue weighted by Crippen LogP contribution is 2.26. The average molecular weight is 473 g/mol. The first kappa shape index (κ1) is 29.2. The first-order valence-electron chi connectivity index (χ1n) is 12.1. The molecule has 5 N–H and O–H groups in total. The lowest BCUT2D eigenvalue weighted by molar-refractivity contribution is -0.114. The van der Waals surface area contributed by atoms with E-state index >= 15 is 0 Å². The third-order valence-electron chi connectivity index (χ3n) is 5.85. The van der Waals surface area contributed by atoms with Gasteiger partial charge in [0.1, 0.15) is 12.5 Å². The van der Waals surface area contributed by atoms with E-state index < -0.39 is 0 Å². The van der Waals surface area contributed by atoms with E-state index in [1.54, 1.807) is 31.1 Å². The topological polar surface area (TPSA) is 116 Å². The molecule has 8 heteroatoms. The van der Waals surface area contributed by atoms with Crippen molar-refractivity contribution in [2.45, 2.75) is 59.3 Å². The van der Waals surface area contributed by atoms with Crippen molar-refractivity contribution in [1.29, 1.82) is 5.41 Å². The number of carbonyl (C=O) groups excluding carboxylic acids is 1. The van der Waals surface area contributed by atoms with Crippen LogP contribution in [0.25, 0.3) is 0 Å². The Morgan fingerprint density at radius 1 is 1.24 bits per heavy atom. The van der Waals surface area contributed by atoms with Gasteiger partial charge in [-0.25, -0.2) is 4.99 Å². The van der Waals surface area contributed by atoms with Crippen molar-refractivity contribution in [2.24, 2.45) is 16.6 Å². The number of nitrogens with zero attached hydrogens (tertiary/aromatic N) is 2. The molecule has 0 heterocycles. The van der Waals surface area contributed by atoms with Gasteiger partial charge in [0.2, 0.25) is 0 Å². The van der Waals surface area contributed by atoms with Gasteiger partial charge in [0.25, 0.3) is 0 Å². The second-order valence-electron chi connectivity index (χ2n) is 8.61. The zero-order valence-electron chi connectivity index (χ0n) is 21.6. The van der Waals surface area contributed by atoms with Crippen molar-refractivity contribution in [1.82, 2.24) is 15.5 Å². The van der Waals surface area contributed by atoms with E-state index in [1.807, 2.05) is 32.9 Å². The average Bonchev–Trinajstić information content (AvgIpc) is 2.84. The molecule has 1 saturated carbocycles. The molecule has 0 unspecified atom stereocenters. The molecule has 190 valence electrons. The van der Waals surface area contributed by atoms with E-state index in [4.69, 9.17) is 15.9 Å². The Bertz CT molecular complexity index is 804. The quantitative estimate of drug-likeness (QED) is 0.100. The highest BCUT2D eigenvalue weighted by Gasteiger charge is 2.15. The van der Waals surface area contributed by atoms with Crippen molar-refractivity contribution in [3.63, 3.8) is 0 Å². The Kier molecular flexibility index (Phi) is 14.3. The fourth-order valence-electron chi connectivity index (χ4n) is 3.78. The van der Waals surface area contributed by atoms with Crippen LogP contribution in [-0.2, 0) is 9.53 Å². The van der Waals surface area contributed by atoms with Gasteiger partial charge >= 0.3 is 0 Å². The van der Waals surface area contributed by atoms with E-state index in [0.29, 0.717) is 36.1 Å². The predicted octanol–water partition coefficient (Wildman–Crippen LogP) is 3.84. The van der Waals surface area contributed by atoms with E-state index in [0.717, 1.165) is 18.0 Å². The SMILES string of the molecule is C\C=C/C(=C\C=C(/C)NCN=C(/C(C)=C(\N)OCCC1CCCCC1)N(C)C=N)C(=O)CNC. The monoisotopic (exact) mass is 472 g/mol. The molecule has 1 fully saturated rings. The van der Waals surface area contributed by atoms with Gasteiger partial charge in [-0.15, -0.1) is 0 Å². The zero-order chi connectivity index (χ0) is 25.3. The molecule has 0 aromatic carbocycles. The molecular formula is C26H44N6O2. The van der Waals surface area contributed by atoms with Crippen LogP contribution in [-0.4, -0.2) is 56.8 Å². The van der Waals surface area contributed by atoms with Gasteiger partial charge in [0.15, 0.2) is 11.7 Å². The third-order valence-corrected chi connectivity index (χ3v) is 5.85. The summed E-state index contributed by atoms with van der Waals surface area (Å²) in [5.74, 6) is 1.67. The van der Waals surface area contributed by atoms with Crippen LogP contribution in [0.2, 0.25) is 0 Å². The molecular weight excluding hydrogens is 428 g/mol. The fourth-order valence-corrected chi connectivity index (χ4v) is 3.78. The number of Topliss-reactive ketones (excluding diaryl/α,β-unsaturated/α-hetero) is 1. The zero-order valence-corrected chi connectivity index (χ0v) is 21.6. The lowest BCUT2D eigenvalue weighted by Crippen LogP contribution is -2.29. The minimum atomic E-state index is 0.0253. The lowest BCUT2D eigenvalue weighted by Gasteiger charge is -2.22. The molecule has 0 aromatic rings. The number of amidine groups is 1. The van der Waals surface area contributed by atoms with Crippen molar-refractivity contribution >= 4 is 18.0 Å². The largest absolute Gasteiger partial charge is 0.479 e. The second kappa shape index (κ2) is 16.7. The molecule has 1 aliphatic rings. The van der Waals surface area contributed by atoms with Gasteiger partial charge in [-0.3, -0.25) is 10.2 Å². The third kappa shape index (κ3) is 10.8. The van der Waals surface area contributed by atoms with Gasteiger partial charge in [0, 0.05) is 18.3 Å². The highest BCUT2D eigenvalue weighted by atomic mass is 16.5. The van der Waals surface area contributed by atoms with Crippen LogP contribution in [0.3, 0.4) is 0 Å². The van der Waals surface area contributed by atoms with Crippen LogP contribution in [0.15, 0.2) is 52.0 Å². The molecule has 1 aliphatic carbocycles. The Morgan fingerprint density at radius 2 is 1.94 bits per heavy atom. The molecule has 0 atom stereocenters. The first-order valence-corrected chi connectivity index (χ1v) is 12.1. The number of aliphatic imine (C=N–C) groups is 1. The number of likely N-dealkylation sites (N-methyl/N-ethyl adjacent to an activating group) is 2. The summed E-state index contributed by atoms with van der Waals surface area (Å²) in [6, 6.07) is 0. The Morgan fingerprint density at radius 3 is 2.56 bits per heavy atom. The van der Waals surface area contributed by atoms with Gasteiger partial charge in [0.05, 0.1) is 25.1 Å². The van der Waals surface area contributed by atoms with Crippen molar-refractivity contribution in [3.05, 3.63) is 47.0 Å². The number of rotatable bonds is 14. The van der Waals surface area contributed by atoms with Crippen LogP contribution >= 0.6 is 0 Å². The minimum Gasteiger partial charge on any atom is -0.479 e. The lowest BCUT2D eigenvalue weighted by atomic mass is 9.87. The number of allylic oxidation sites excluding steroid dienone is 5. The summed E-state index contributed by atoms with van der Waals surface area (Å²) in [5, 5.41) is 13.7. The maximum Gasteiger partial charge on any atom is 0.190 e. The van der Waals surface area contributed by atoms with Gasteiger partial charge in [-0.2, -0.15) is 0 Å². The number of ketones is 1. The van der Waals surface area contributed by atoms with E-state index in [9.17, 15) is 4.79 Å². The maximum absolute atomic E-state index is 12.2. The van der Waals surface area contributed by atoms with Crippen molar-refractivity contribution < 1.29 is 9.53 Å². The van der Waals surface area contributed by atoms with Gasteiger partial charge in [-0.05, 0) is 52.3 Å². The van der Waals surface area contributed by atoms with E-state index in [2.05, 4.69) is 15.6 Å². The Balaban J connectivity index is 2.79. The molecule has 0 aliphatic heterocycles. The molecule has 0 radical (unpaired) electrons. The van der Waals surface area contributed by atoms with Crippen LogP contribution in [0.4, 0.5) is 0 Å². The van der Waals surface area contributed by atoms with Crippen molar-refractivity contribution in [3.8, 4) is 0 Å². The standard InChI is InChI=1S/C26H44N6O2/c1-6-10-23(24(33)17-29-4)14-13-20(2)30-19-31-26(32(5)18-27)21(3)25(28)34-16-15-22-11-8-7-9-12-22/h6,10,13-14,18,22,27,29-30H,7-9,11-12,15-17,19,28H2,1-5H3/b10-6-,20-13+,23-14+,25-21+,27-18?,31-26?. The number of ether oxygens (including phenoxy) is 1. The predicted molar refractivity (Wildman–Crippen MR) is 142 cm³/mol. The van der Waals surface area contributed by atoms with Crippen molar-refractivity contribution in [2.75, 3.05) is 33.9 Å². The van der Waals surface area contributed by atoms with Crippen LogP contribution in [0.1, 0.15) is 59.3 Å². The molecule has 0 amide bonds. The van der Waals surface area contributed by atoms with E-state index in [1.165, 1.54) is 38.4 Å². The van der Waals surface area contributed by atoms with Gasteiger partial charge < -0.3 is 26.0 Å². The number of nitrogens with two attached hydrogens (primary N) is 1. The minimum absolute atomic E-state index is 0.0253. The molecule has 0 spiro atoms. The molecule has 0 bridgehead atoms. The summed E-state index contributed by atoms with van der Waals surface area (Å²) < 4.78 is 5.83. The first-order chi connectivity index (χ1) is 16.3. The van der Waals surface area contributed by atoms with Crippen LogP contribution < -0.4 is 16.4 Å². The number of carbonyl (C=O) groups is 1. The number of hydrogen-bond donors (Lipinski definition) is 4. The second-order valence-corrected chi connectivity index (χ2v) is 8.61. The summed E-state index contributed by atoms with van der Waals surface area (Å²) in [5.41, 5.74) is 8.40. The number of hydrogen-bond acceptors (Lipinski definition) is 7. The van der Waals surface area contributed by atoms with Gasteiger partial charge in [-0.1, -0.05) is 44.3 Å². The van der Waals surface area contributed by atoms with Crippen LogP contribution in [0.5, 0.6) is 0 Å². The fraction of sp³-hybridized carbons (Fsp3) is 0.577. The summed E-state index contributed by atoms with van der Waals surface area (Å²) in [6.07, 6.45) is 16.0.